The minimum Gasteiger partial charge on any atom is -0.326 e. The quantitative estimate of drug-likeness (QED) is 0.808. The van der Waals surface area contributed by atoms with Crippen LogP contribution in [-0.4, -0.2) is 11.8 Å². The number of rotatable bonds is 5. The zero-order valence-corrected chi connectivity index (χ0v) is 13.3. The van der Waals surface area contributed by atoms with Crippen LogP contribution in [0.25, 0.3) is 6.08 Å². The van der Waals surface area contributed by atoms with Crippen LogP contribution in [0.5, 0.6) is 0 Å². The third-order valence-electron chi connectivity index (χ3n) is 3.75. The Morgan fingerprint density at radius 1 is 0.960 bits per heavy atom. The van der Waals surface area contributed by atoms with Gasteiger partial charge in [0.15, 0.2) is 0 Å². The first-order chi connectivity index (χ1) is 12.0. The average Bonchev–Trinajstić information content (AvgIpc) is 3.39. The number of carbonyl (C=O) groups is 2. The van der Waals surface area contributed by atoms with Gasteiger partial charge in [-0.05, 0) is 49.2 Å². The summed E-state index contributed by atoms with van der Waals surface area (Å²) in [4.78, 5) is 23.7. The Balaban J connectivity index is 1.64. The number of hydrogen-bond acceptors (Lipinski definition) is 2. The van der Waals surface area contributed by atoms with E-state index in [0.29, 0.717) is 11.4 Å². The monoisotopic (exact) mass is 342 g/mol. The number of halogens is 2. The van der Waals surface area contributed by atoms with Crippen LogP contribution in [0.2, 0.25) is 0 Å². The van der Waals surface area contributed by atoms with E-state index in [1.54, 1.807) is 24.3 Å². The van der Waals surface area contributed by atoms with Gasteiger partial charge in [-0.1, -0.05) is 12.1 Å². The van der Waals surface area contributed by atoms with Gasteiger partial charge < -0.3 is 10.6 Å². The van der Waals surface area contributed by atoms with Crippen molar-refractivity contribution in [2.24, 2.45) is 5.92 Å². The predicted molar refractivity (Wildman–Crippen MR) is 91.8 cm³/mol. The molecule has 2 amide bonds. The SMILES string of the molecule is O=C(C=Cc1c(F)cccc1F)Nc1cccc(NC(=O)C2CC2)c1. The van der Waals surface area contributed by atoms with Crippen LogP contribution in [0.1, 0.15) is 18.4 Å². The molecule has 0 spiro atoms. The number of amides is 2. The molecule has 0 atom stereocenters. The number of hydrogen-bond donors (Lipinski definition) is 2. The standard InChI is InChI=1S/C19H16F2N2O2/c20-16-5-2-6-17(21)15(16)9-10-18(24)22-13-3-1-4-14(11-13)23-19(25)12-7-8-12/h1-6,9-12H,7-8H2,(H,22,24)(H,23,25). The van der Waals surface area contributed by atoms with Crippen molar-refractivity contribution in [3.63, 3.8) is 0 Å². The molecule has 0 aromatic heterocycles. The Morgan fingerprint density at radius 2 is 1.56 bits per heavy atom. The van der Waals surface area contributed by atoms with Crippen molar-refractivity contribution in [2.75, 3.05) is 10.6 Å². The van der Waals surface area contributed by atoms with Crippen molar-refractivity contribution in [1.82, 2.24) is 0 Å². The van der Waals surface area contributed by atoms with Crippen LogP contribution in [0.3, 0.4) is 0 Å². The first-order valence-electron chi connectivity index (χ1n) is 7.87. The van der Waals surface area contributed by atoms with Crippen molar-refractivity contribution < 1.29 is 18.4 Å². The maximum Gasteiger partial charge on any atom is 0.248 e. The molecule has 1 aliphatic carbocycles. The smallest absolute Gasteiger partial charge is 0.248 e. The Morgan fingerprint density at radius 3 is 2.20 bits per heavy atom. The van der Waals surface area contributed by atoms with Crippen molar-refractivity contribution in [1.29, 1.82) is 0 Å². The average molecular weight is 342 g/mol. The molecule has 2 N–H and O–H groups in total. The van der Waals surface area contributed by atoms with Crippen LogP contribution >= 0.6 is 0 Å². The van der Waals surface area contributed by atoms with Gasteiger partial charge in [-0.15, -0.1) is 0 Å². The molecule has 0 heterocycles. The van der Waals surface area contributed by atoms with Gasteiger partial charge in [0, 0.05) is 28.9 Å². The van der Waals surface area contributed by atoms with Crippen LogP contribution in [-0.2, 0) is 9.59 Å². The summed E-state index contributed by atoms with van der Waals surface area (Å²) >= 11 is 0. The molecule has 6 heteroatoms. The lowest BCUT2D eigenvalue weighted by molar-refractivity contribution is -0.117. The van der Waals surface area contributed by atoms with Gasteiger partial charge in [-0.25, -0.2) is 8.78 Å². The van der Waals surface area contributed by atoms with E-state index in [1.165, 1.54) is 6.07 Å². The summed E-state index contributed by atoms with van der Waals surface area (Å²) in [5, 5.41) is 5.37. The first-order valence-corrected chi connectivity index (χ1v) is 7.87. The van der Waals surface area contributed by atoms with E-state index in [2.05, 4.69) is 10.6 Å². The molecule has 0 radical (unpaired) electrons. The lowest BCUT2D eigenvalue weighted by atomic mass is 10.2. The second-order valence-corrected chi connectivity index (χ2v) is 5.80. The summed E-state index contributed by atoms with van der Waals surface area (Å²) in [6, 6.07) is 10.2. The van der Waals surface area contributed by atoms with Gasteiger partial charge in [0.25, 0.3) is 0 Å². The highest BCUT2D eigenvalue weighted by Crippen LogP contribution is 2.30. The van der Waals surface area contributed by atoms with E-state index in [-0.39, 0.29) is 17.4 Å². The van der Waals surface area contributed by atoms with E-state index in [9.17, 15) is 18.4 Å². The van der Waals surface area contributed by atoms with Gasteiger partial charge in [-0.3, -0.25) is 9.59 Å². The number of carbonyl (C=O) groups excluding carboxylic acids is 2. The highest BCUT2D eigenvalue weighted by atomic mass is 19.1. The third kappa shape index (κ3) is 4.50. The second kappa shape index (κ2) is 7.25. The van der Waals surface area contributed by atoms with E-state index < -0.39 is 17.5 Å². The zero-order chi connectivity index (χ0) is 17.8. The number of anilines is 2. The van der Waals surface area contributed by atoms with Crippen LogP contribution in [0.4, 0.5) is 20.2 Å². The Kier molecular flexibility index (Phi) is 4.88. The van der Waals surface area contributed by atoms with Crippen LogP contribution in [0, 0.1) is 17.6 Å². The molecule has 1 fully saturated rings. The fourth-order valence-electron chi connectivity index (χ4n) is 2.28. The molecule has 1 aliphatic rings. The van der Waals surface area contributed by atoms with Crippen molar-refractivity contribution in [2.45, 2.75) is 12.8 Å². The van der Waals surface area contributed by atoms with E-state index in [1.807, 2.05) is 0 Å². The van der Waals surface area contributed by atoms with Crippen molar-refractivity contribution >= 4 is 29.3 Å². The fourth-order valence-corrected chi connectivity index (χ4v) is 2.28. The summed E-state index contributed by atoms with van der Waals surface area (Å²) in [5.41, 5.74) is 0.777. The molecule has 1 saturated carbocycles. The molecular formula is C19H16F2N2O2. The maximum atomic E-state index is 13.5. The highest BCUT2D eigenvalue weighted by molar-refractivity contribution is 6.02. The molecule has 128 valence electrons. The number of benzene rings is 2. The molecule has 2 aromatic rings. The van der Waals surface area contributed by atoms with Crippen LogP contribution in [0.15, 0.2) is 48.5 Å². The summed E-state index contributed by atoms with van der Waals surface area (Å²) in [5.74, 6) is -1.97. The van der Waals surface area contributed by atoms with E-state index >= 15 is 0 Å². The third-order valence-corrected chi connectivity index (χ3v) is 3.75. The Bertz CT molecular complexity index is 825. The topological polar surface area (TPSA) is 58.2 Å². The van der Waals surface area contributed by atoms with Gasteiger partial charge >= 0.3 is 0 Å². The molecular weight excluding hydrogens is 326 g/mol. The molecule has 25 heavy (non-hydrogen) atoms. The minimum absolute atomic E-state index is 0.0293. The second-order valence-electron chi connectivity index (χ2n) is 5.80. The Hall–Kier alpha value is -3.02. The van der Waals surface area contributed by atoms with E-state index in [0.717, 1.165) is 37.1 Å². The van der Waals surface area contributed by atoms with Gasteiger partial charge in [-0.2, -0.15) is 0 Å². The highest BCUT2D eigenvalue weighted by Gasteiger charge is 2.29. The number of nitrogens with one attached hydrogen (secondary N) is 2. The zero-order valence-electron chi connectivity index (χ0n) is 13.3. The molecule has 3 rings (SSSR count). The molecule has 0 unspecified atom stereocenters. The summed E-state index contributed by atoms with van der Waals surface area (Å²) in [6.45, 7) is 0. The lowest BCUT2D eigenvalue weighted by Crippen LogP contribution is -2.14. The van der Waals surface area contributed by atoms with Crippen LogP contribution < -0.4 is 10.6 Å². The van der Waals surface area contributed by atoms with Gasteiger partial charge in [0.05, 0.1) is 0 Å². The summed E-state index contributed by atoms with van der Waals surface area (Å²) < 4.78 is 27.0. The minimum atomic E-state index is -0.742. The molecule has 0 saturated heterocycles. The van der Waals surface area contributed by atoms with E-state index in [4.69, 9.17) is 0 Å². The first kappa shape index (κ1) is 16.8. The molecule has 2 aromatic carbocycles. The van der Waals surface area contributed by atoms with Crippen molar-refractivity contribution in [3.05, 3.63) is 65.7 Å². The summed E-state index contributed by atoms with van der Waals surface area (Å²) in [7, 11) is 0. The lowest BCUT2D eigenvalue weighted by Gasteiger charge is -2.07. The summed E-state index contributed by atoms with van der Waals surface area (Å²) in [6.07, 6.45) is 3.94. The molecule has 0 aliphatic heterocycles. The predicted octanol–water partition coefficient (Wildman–Crippen LogP) is 3.97. The largest absolute Gasteiger partial charge is 0.326 e. The molecule has 0 bridgehead atoms. The Labute approximate surface area is 143 Å². The van der Waals surface area contributed by atoms with Gasteiger partial charge in [0.2, 0.25) is 11.8 Å². The van der Waals surface area contributed by atoms with Crippen molar-refractivity contribution in [3.8, 4) is 0 Å². The molecule has 4 nitrogen and oxygen atoms in total. The van der Waals surface area contributed by atoms with Gasteiger partial charge in [0.1, 0.15) is 11.6 Å². The normalized spacial score (nSPS) is 13.7. The maximum absolute atomic E-state index is 13.5. The fraction of sp³-hybridized carbons (Fsp3) is 0.158.